The molecule has 0 aliphatic carbocycles. The van der Waals surface area contributed by atoms with Gasteiger partial charge in [0.05, 0.1) is 7.11 Å². The van der Waals surface area contributed by atoms with Crippen LogP contribution in [-0.4, -0.2) is 30.5 Å². The Kier molecular flexibility index (Phi) is 5.53. The summed E-state index contributed by atoms with van der Waals surface area (Å²) in [6.45, 7) is 0.666. The number of aromatic nitrogens is 1. The highest BCUT2D eigenvalue weighted by atomic mass is 16.5. The van der Waals surface area contributed by atoms with E-state index in [1.54, 1.807) is 7.11 Å². The zero-order valence-electron chi connectivity index (χ0n) is 14.5. The second kappa shape index (κ2) is 8.20. The van der Waals surface area contributed by atoms with Crippen LogP contribution in [0.1, 0.15) is 11.1 Å². The third-order valence-corrected chi connectivity index (χ3v) is 4.15. The number of benzene rings is 2. The van der Waals surface area contributed by atoms with E-state index in [0.29, 0.717) is 18.7 Å². The molecule has 3 aromatic rings. The maximum absolute atomic E-state index is 11.9. The number of hydrogen-bond donors (Lipinski definition) is 3. The Morgan fingerprint density at radius 1 is 1.04 bits per heavy atom. The summed E-state index contributed by atoms with van der Waals surface area (Å²) in [7, 11) is 1.58. The van der Waals surface area contributed by atoms with Gasteiger partial charge < -0.3 is 20.4 Å². The van der Waals surface area contributed by atoms with Gasteiger partial charge in [0.15, 0.2) is 0 Å². The summed E-state index contributed by atoms with van der Waals surface area (Å²) in [5.41, 5.74) is 3.03. The molecule has 0 radical (unpaired) electrons. The number of para-hydroxylation sites is 1. The van der Waals surface area contributed by atoms with Gasteiger partial charge in [-0.05, 0) is 35.7 Å². The minimum atomic E-state index is -0.647. The van der Waals surface area contributed by atoms with Crippen molar-refractivity contribution in [3.63, 3.8) is 0 Å². The van der Waals surface area contributed by atoms with Crippen LogP contribution in [0, 0.1) is 0 Å². The van der Waals surface area contributed by atoms with Gasteiger partial charge >= 0.3 is 11.8 Å². The number of nitrogens with one attached hydrogen (secondary N) is 3. The van der Waals surface area contributed by atoms with Crippen LogP contribution in [0.3, 0.4) is 0 Å². The zero-order valence-corrected chi connectivity index (χ0v) is 14.5. The number of fused-ring (bicyclic) bond motifs is 1. The summed E-state index contributed by atoms with van der Waals surface area (Å²) >= 11 is 0. The minimum absolute atomic E-state index is 0.270. The Labute approximate surface area is 151 Å². The number of aromatic amines is 1. The van der Waals surface area contributed by atoms with Crippen LogP contribution in [-0.2, 0) is 22.6 Å². The van der Waals surface area contributed by atoms with Crippen LogP contribution in [0.4, 0.5) is 0 Å². The van der Waals surface area contributed by atoms with Crippen LogP contribution >= 0.6 is 0 Å². The molecular formula is C20H21N3O3. The Hall–Kier alpha value is -3.28. The van der Waals surface area contributed by atoms with E-state index in [4.69, 9.17) is 4.74 Å². The number of methoxy groups -OCH3 is 1. The molecular weight excluding hydrogens is 330 g/mol. The van der Waals surface area contributed by atoms with E-state index in [1.165, 1.54) is 0 Å². The minimum Gasteiger partial charge on any atom is -0.497 e. The van der Waals surface area contributed by atoms with E-state index in [-0.39, 0.29) is 6.54 Å². The maximum Gasteiger partial charge on any atom is 0.309 e. The zero-order chi connectivity index (χ0) is 18.4. The van der Waals surface area contributed by atoms with E-state index < -0.39 is 11.8 Å². The third-order valence-electron chi connectivity index (χ3n) is 4.15. The molecule has 0 saturated carbocycles. The van der Waals surface area contributed by atoms with E-state index in [2.05, 4.69) is 15.6 Å². The fraction of sp³-hybridized carbons (Fsp3) is 0.200. The van der Waals surface area contributed by atoms with Crippen molar-refractivity contribution in [1.82, 2.24) is 15.6 Å². The second-order valence-corrected chi connectivity index (χ2v) is 5.90. The van der Waals surface area contributed by atoms with Gasteiger partial charge in [-0.25, -0.2) is 0 Å². The van der Waals surface area contributed by atoms with Crippen LogP contribution in [0.25, 0.3) is 10.9 Å². The van der Waals surface area contributed by atoms with Crippen molar-refractivity contribution >= 4 is 22.7 Å². The molecule has 2 aromatic carbocycles. The van der Waals surface area contributed by atoms with Gasteiger partial charge in [-0.2, -0.15) is 0 Å². The van der Waals surface area contributed by atoms with Crippen molar-refractivity contribution in [3.8, 4) is 5.75 Å². The highest BCUT2D eigenvalue weighted by Gasteiger charge is 2.13. The normalized spacial score (nSPS) is 10.5. The summed E-state index contributed by atoms with van der Waals surface area (Å²) in [4.78, 5) is 27.0. The van der Waals surface area contributed by atoms with Crippen LogP contribution in [0.2, 0.25) is 0 Å². The maximum atomic E-state index is 11.9. The van der Waals surface area contributed by atoms with Crippen LogP contribution in [0.15, 0.2) is 54.7 Å². The molecule has 0 spiro atoms. The molecule has 1 heterocycles. The van der Waals surface area contributed by atoms with Gasteiger partial charge in [-0.15, -0.1) is 0 Å². The first kappa shape index (κ1) is 17.5. The highest BCUT2D eigenvalue weighted by molar-refractivity contribution is 6.35. The van der Waals surface area contributed by atoms with Crippen molar-refractivity contribution in [2.24, 2.45) is 0 Å². The lowest BCUT2D eigenvalue weighted by atomic mass is 10.1. The number of hydrogen-bond acceptors (Lipinski definition) is 3. The molecule has 3 rings (SSSR count). The molecule has 0 fully saturated rings. The first-order valence-corrected chi connectivity index (χ1v) is 8.41. The SMILES string of the molecule is COc1cccc(CNC(=O)C(=O)NCCc2c[nH]c3ccccc23)c1. The number of ether oxygens (including phenoxy) is 1. The quantitative estimate of drug-likeness (QED) is 0.595. The molecule has 0 aliphatic heterocycles. The Balaban J connectivity index is 1.46. The van der Waals surface area contributed by atoms with Gasteiger partial charge in [0.2, 0.25) is 0 Å². The first-order chi connectivity index (χ1) is 12.7. The molecule has 1 aromatic heterocycles. The Bertz CT molecular complexity index is 917. The fourth-order valence-electron chi connectivity index (χ4n) is 2.77. The smallest absolute Gasteiger partial charge is 0.309 e. The van der Waals surface area contributed by atoms with Gasteiger partial charge in [0.1, 0.15) is 5.75 Å². The summed E-state index contributed by atoms with van der Waals surface area (Å²) in [6.07, 6.45) is 2.58. The molecule has 0 saturated heterocycles. The summed E-state index contributed by atoms with van der Waals surface area (Å²) < 4.78 is 5.13. The monoisotopic (exact) mass is 351 g/mol. The highest BCUT2D eigenvalue weighted by Crippen LogP contribution is 2.17. The van der Waals surface area contributed by atoms with Gasteiger partial charge in [-0.1, -0.05) is 30.3 Å². The Morgan fingerprint density at radius 3 is 2.69 bits per heavy atom. The topological polar surface area (TPSA) is 83.2 Å². The molecule has 6 heteroatoms. The summed E-state index contributed by atoms with van der Waals surface area (Å²) in [5.74, 6) is -0.570. The summed E-state index contributed by atoms with van der Waals surface area (Å²) in [6, 6.07) is 15.3. The number of rotatable bonds is 6. The lowest BCUT2D eigenvalue weighted by Crippen LogP contribution is -2.40. The van der Waals surface area contributed by atoms with Crippen molar-refractivity contribution in [1.29, 1.82) is 0 Å². The average Bonchev–Trinajstić information content (AvgIpc) is 3.09. The van der Waals surface area contributed by atoms with E-state index >= 15 is 0 Å². The number of carbonyl (C=O) groups is 2. The van der Waals surface area contributed by atoms with Crippen molar-refractivity contribution in [2.75, 3.05) is 13.7 Å². The fourth-order valence-corrected chi connectivity index (χ4v) is 2.77. The standard InChI is InChI=1S/C20H21N3O3/c1-26-16-6-4-5-14(11-16)12-23-20(25)19(24)21-10-9-15-13-22-18-8-3-2-7-17(15)18/h2-8,11,13,22H,9-10,12H2,1H3,(H,21,24)(H,23,25). The Morgan fingerprint density at radius 2 is 1.85 bits per heavy atom. The molecule has 0 unspecified atom stereocenters. The predicted molar refractivity (Wildman–Crippen MR) is 99.9 cm³/mol. The largest absolute Gasteiger partial charge is 0.497 e. The molecule has 6 nitrogen and oxygen atoms in total. The van der Waals surface area contributed by atoms with E-state index in [9.17, 15) is 9.59 Å². The molecule has 2 amide bonds. The van der Waals surface area contributed by atoms with Crippen LogP contribution in [0.5, 0.6) is 5.75 Å². The number of H-pyrrole nitrogens is 1. The second-order valence-electron chi connectivity index (χ2n) is 5.90. The lowest BCUT2D eigenvalue weighted by Gasteiger charge is -2.07. The predicted octanol–water partition coefficient (Wildman–Crippen LogP) is 2.15. The van der Waals surface area contributed by atoms with Crippen LogP contribution < -0.4 is 15.4 Å². The number of carbonyl (C=O) groups excluding carboxylic acids is 2. The summed E-state index contributed by atoms with van der Waals surface area (Å²) in [5, 5.41) is 6.39. The van der Waals surface area contributed by atoms with Gasteiger partial charge in [-0.3, -0.25) is 9.59 Å². The average molecular weight is 351 g/mol. The molecule has 0 atom stereocenters. The van der Waals surface area contributed by atoms with E-state index in [1.807, 2.05) is 54.7 Å². The molecule has 0 bridgehead atoms. The van der Waals surface area contributed by atoms with Gasteiger partial charge in [0.25, 0.3) is 0 Å². The van der Waals surface area contributed by atoms with Crippen molar-refractivity contribution in [3.05, 3.63) is 65.9 Å². The number of amides is 2. The lowest BCUT2D eigenvalue weighted by molar-refractivity contribution is -0.139. The first-order valence-electron chi connectivity index (χ1n) is 8.41. The molecule has 134 valence electrons. The van der Waals surface area contributed by atoms with Gasteiger partial charge in [0, 0.05) is 30.2 Å². The van der Waals surface area contributed by atoms with Crippen molar-refractivity contribution in [2.45, 2.75) is 13.0 Å². The molecule has 0 aliphatic rings. The van der Waals surface area contributed by atoms with Crippen molar-refractivity contribution < 1.29 is 14.3 Å². The molecule has 3 N–H and O–H groups in total. The van der Waals surface area contributed by atoms with E-state index in [0.717, 1.165) is 22.0 Å². The third kappa shape index (κ3) is 4.22. The molecule has 26 heavy (non-hydrogen) atoms.